The van der Waals surface area contributed by atoms with Gasteiger partial charge >= 0.3 is 5.69 Å². The van der Waals surface area contributed by atoms with Gasteiger partial charge in [0.1, 0.15) is 0 Å². The van der Waals surface area contributed by atoms with E-state index < -0.39 is 0 Å². The average Bonchev–Trinajstić information content (AvgIpc) is 2.30. The minimum absolute atomic E-state index is 0.574. The SMILES string of the molecule is N#[N+]c1ccc(-c2ccccc2)cc1. The van der Waals surface area contributed by atoms with Gasteiger partial charge in [0.25, 0.3) is 0 Å². The Morgan fingerprint density at radius 2 is 1.29 bits per heavy atom. The molecule has 66 valence electrons. The summed E-state index contributed by atoms with van der Waals surface area (Å²) in [7, 11) is 0. The van der Waals surface area contributed by atoms with Crippen molar-refractivity contribution in [3.63, 3.8) is 0 Å². The van der Waals surface area contributed by atoms with E-state index in [9.17, 15) is 0 Å². The van der Waals surface area contributed by atoms with E-state index in [0.717, 1.165) is 11.1 Å². The summed E-state index contributed by atoms with van der Waals surface area (Å²) in [6, 6.07) is 17.5. The van der Waals surface area contributed by atoms with Crippen molar-refractivity contribution in [2.45, 2.75) is 0 Å². The standard InChI is InChI=1S/C12H9N2/c13-14-12-8-6-11(7-9-12)10-4-2-1-3-5-10/h1-9H/q+1. The summed E-state index contributed by atoms with van der Waals surface area (Å²) in [5, 5.41) is 8.52. The zero-order chi connectivity index (χ0) is 9.80. The van der Waals surface area contributed by atoms with Crippen LogP contribution in [0.3, 0.4) is 0 Å². The van der Waals surface area contributed by atoms with Gasteiger partial charge in [-0.1, -0.05) is 30.3 Å². The highest BCUT2D eigenvalue weighted by molar-refractivity contribution is 5.65. The van der Waals surface area contributed by atoms with Crippen molar-refractivity contribution in [3.05, 3.63) is 59.6 Å². The quantitative estimate of drug-likeness (QED) is 0.614. The summed E-state index contributed by atoms with van der Waals surface area (Å²) < 4.78 is 0. The van der Waals surface area contributed by atoms with Gasteiger partial charge in [0.15, 0.2) is 4.98 Å². The number of rotatable bonds is 1. The van der Waals surface area contributed by atoms with Crippen molar-refractivity contribution in [2.24, 2.45) is 0 Å². The summed E-state index contributed by atoms with van der Waals surface area (Å²) in [6.45, 7) is 0. The first-order chi connectivity index (χ1) is 6.90. The highest BCUT2D eigenvalue weighted by atomic mass is 14.8. The van der Waals surface area contributed by atoms with Gasteiger partial charge in [-0.25, -0.2) is 0 Å². The largest absolute Gasteiger partial charge is 0.385 e. The molecule has 14 heavy (non-hydrogen) atoms. The van der Waals surface area contributed by atoms with Crippen molar-refractivity contribution < 1.29 is 0 Å². The highest BCUT2D eigenvalue weighted by Crippen LogP contribution is 2.21. The van der Waals surface area contributed by atoms with E-state index in [2.05, 4.69) is 4.98 Å². The van der Waals surface area contributed by atoms with Crippen LogP contribution >= 0.6 is 0 Å². The van der Waals surface area contributed by atoms with Gasteiger partial charge in [-0.15, -0.1) is 0 Å². The summed E-state index contributed by atoms with van der Waals surface area (Å²) in [6.07, 6.45) is 0. The Morgan fingerprint density at radius 1 is 0.714 bits per heavy atom. The molecule has 2 heteroatoms. The second kappa shape index (κ2) is 3.71. The van der Waals surface area contributed by atoms with Gasteiger partial charge in [-0.05, 0) is 23.3 Å². The third-order valence-electron chi connectivity index (χ3n) is 2.09. The molecule has 0 aliphatic carbocycles. The zero-order valence-electron chi connectivity index (χ0n) is 7.59. The van der Waals surface area contributed by atoms with E-state index in [1.165, 1.54) is 0 Å². The first kappa shape index (κ1) is 8.46. The molecule has 0 unspecified atom stereocenters. The second-order valence-electron chi connectivity index (χ2n) is 3.01. The normalized spacial score (nSPS) is 9.36. The number of nitrogens with zero attached hydrogens (tertiary/aromatic N) is 2. The van der Waals surface area contributed by atoms with Crippen LogP contribution in [-0.4, -0.2) is 0 Å². The van der Waals surface area contributed by atoms with Crippen LogP contribution < -0.4 is 0 Å². The van der Waals surface area contributed by atoms with Gasteiger partial charge < -0.3 is 0 Å². The molecule has 2 aromatic carbocycles. The molecule has 0 radical (unpaired) electrons. The zero-order valence-corrected chi connectivity index (χ0v) is 7.59. The van der Waals surface area contributed by atoms with Gasteiger partial charge in [0, 0.05) is 12.1 Å². The minimum Gasteiger partial charge on any atom is -0.0622 e. The average molecular weight is 181 g/mol. The molecule has 0 aromatic heterocycles. The highest BCUT2D eigenvalue weighted by Gasteiger charge is 2.03. The Bertz CT molecular complexity index is 452. The van der Waals surface area contributed by atoms with Gasteiger partial charge in [0.05, 0.1) is 0 Å². The lowest BCUT2D eigenvalue weighted by molar-refractivity contribution is 1.46. The maximum Gasteiger partial charge on any atom is 0.385 e. The maximum atomic E-state index is 8.52. The topological polar surface area (TPSA) is 28.1 Å². The Labute approximate surface area is 82.4 Å². The number of hydrogen-bond acceptors (Lipinski definition) is 1. The van der Waals surface area contributed by atoms with Gasteiger partial charge in [-0.3, -0.25) is 0 Å². The number of diazo groups is 1. The Kier molecular flexibility index (Phi) is 2.24. The fraction of sp³-hybridized carbons (Fsp3) is 0. The molecule has 0 heterocycles. The van der Waals surface area contributed by atoms with Crippen LogP contribution in [0.15, 0.2) is 54.6 Å². The second-order valence-corrected chi connectivity index (χ2v) is 3.01. The van der Waals surface area contributed by atoms with Crippen LogP contribution in [0.5, 0.6) is 0 Å². The molecular formula is C12H9N2+. The molecule has 0 fully saturated rings. The van der Waals surface area contributed by atoms with Crippen LogP contribution in [0.1, 0.15) is 0 Å². The Hall–Kier alpha value is -2.14. The van der Waals surface area contributed by atoms with Crippen LogP contribution in [-0.2, 0) is 0 Å². The third kappa shape index (κ3) is 1.62. The molecule has 0 aliphatic rings. The molecule has 0 bridgehead atoms. The summed E-state index contributed by atoms with van der Waals surface area (Å²) >= 11 is 0. The molecule has 0 amide bonds. The molecule has 0 aliphatic heterocycles. The van der Waals surface area contributed by atoms with Crippen molar-refractivity contribution in [1.82, 2.24) is 0 Å². The lowest BCUT2D eigenvalue weighted by Crippen LogP contribution is -1.74. The molecular weight excluding hydrogens is 172 g/mol. The predicted octanol–water partition coefficient (Wildman–Crippen LogP) is 3.84. The number of benzene rings is 2. The van der Waals surface area contributed by atoms with Crippen LogP contribution in [0.4, 0.5) is 5.69 Å². The summed E-state index contributed by atoms with van der Waals surface area (Å²) in [5.74, 6) is 0. The molecule has 2 rings (SSSR count). The summed E-state index contributed by atoms with van der Waals surface area (Å²) in [4.78, 5) is 3.11. The predicted molar refractivity (Wildman–Crippen MR) is 56.6 cm³/mol. The first-order valence-electron chi connectivity index (χ1n) is 4.41. The van der Waals surface area contributed by atoms with Crippen LogP contribution in [0.25, 0.3) is 16.1 Å². The van der Waals surface area contributed by atoms with E-state index in [4.69, 9.17) is 5.39 Å². The fourth-order valence-corrected chi connectivity index (χ4v) is 1.35. The molecule has 0 N–H and O–H groups in total. The molecule has 0 saturated carbocycles. The van der Waals surface area contributed by atoms with Crippen LogP contribution in [0, 0.1) is 5.39 Å². The molecule has 0 spiro atoms. The lowest BCUT2D eigenvalue weighted by Gasteiger charge is -1.97. The minimum atomic E-state index is 0.574. The van der Waals surface area contributed by atoms with Gasteiger partial charge in [-0.2, -0.15) is 0 Å². The van der Waals surface area contributed by atoms with E-state index >= 15 is 0 Å². The molecule has 2 nitrogen and oxygen atoms in total. The van der Waals surface area contributed by atoms with Crippen molar-refractivity contribution in [2.75, 3.05) is 0 Å². The van der Waals surface area contributed by atoms with Crippen molar-refractivity contribution >= 4 is 5.69 Å². The van der Waals surface area contributed by atoms with E-state index in [1.807, 2.05) is 42.5 Å². The third-order valence-corrected chi connectivity index (χ3v) is 2.09. The van der Waals surface area contributed by atoms with Crippen LogP contribution in [0.2, 0.25) is 0 Å². The molecule has 0 saturated heterocycles. The summed E-state index contributed by atoms with van der Waals surface area (Å²) in [5.41, 5.74) is 2.86. The van der Waals surface area contributed by atoms with Gasteiger partial charge in [0.2, 0.25) is 5.39 Å². The fourth-order valence-electron chi connectivity index (χ4n) is 1.35. The lowest BCUT2D eigenvalue weighted by atomic mass is 10.1. The molecule has 2 aromatic rings. The number of hydrogen-bond donors (Lipinski definition) is 0. The monoisotopic (exact) mass is 181 g/mol. The Morgan fingerprint density at radius 3 is 1.86 bits per heavy atom. The van der Waals surface area contributed by atoms with Crippen molar-refractivity contribution in [3.8, 4) is 11.1 Å². The van der Waals surface area contributed by atoms with E-state index in [0.29, 0.717) is 5.69 Å². The smallest absolute Gasteiger partial charge is 0.0622 e. The maximum absolute atomic E-state index is 8.52. The van der Waals surface area contributed by atoms with Crippen molar-refractivity contribution in [1.29, 1.82) is 5.39 Å². The molecule has 0 atom stereocenters. The Balaban J connectivity index is 2.40. The first-order valence-corrected chi connectivity index (χ1v) is 4.41. The van der Waals surface area contributed by atoms with E-state index in [-0.39, 0.29) is 0 Å². The van der Waals surface area contributed by atoms with E-state index in [1.54, 1.807) is 12.1 Å².